The third kappa shape index (κ3) is 6.76. The van der Waals surface area contributed by atoms with Gasteiger partial charge in [-0.3, -0.25) is 14.5 Å². The number of likely N-dealkylation sites (tertiary alicyclic amines) is 1. The summed E-state index contributed by atoms with van der Waals surface area (Å²) in [6.07, 6.45) is 3.90. The highest BCUT2D eigenvalue weighted by molar-refractivity contribution is 5.91. The summed E-state index contributed by atoms with van der Waals surface area (Å²) in [6, 6.07) is 20.5. The molecule has 2 aromatic carbocycles. The first kappa shape index (κ1) is 22.7. The molecular weight excluding hydrogens is 416 g/mol. The van der Waals surface area contributed by atoms with Crippen LogP contribution in [-0.4, -0.2) is 40.3 Å². The fourth-order valence-electron chi connectivity index (χ4n) is 3.91. The van der Waals surface area contributed by atoms with Crippen molar-refractivity contribution >= 4 is 5.91 Å². The Kier molecular flexibility index (Phi) is 7.87. The lowest BCUT2D eigenvalue weighted by atomic mass is 10.1. The molecule has 2 heterocycles. The van der Waals surface area contributed by atoms with Gasteiger partial charge < -0.3 is 10.1 Å². The number of hydrogen-bond acceptors (Lipinski definition) is 5. The molecule has 7 heteroatoms. The molecule has 1 amide bonds. The molecule has 0 bridgehead atoms. The highest BCUT2D eigenvalue weighted by Crippen LogP contribution is 2.14. The standard InChI is InChI=1S/C26H30N4O3/c31-25-14-13-24(28-30(25)17-18-33-23-7-3-1-4-8-23)26(32)27-19-21-9-11-22(12-10-21)20-29-15-5-2-6-16-29/h1,3-4,7-14H,2,5-6,15-20H2,(H,27,32). The number of piperidine rings is 1. The van der Waals surface area contributed by atoms with Crippen molar-refractivity contribution in [1.82, 2.24) is 20.0 Å². The van der Waals surface area contributed by atoms with Gasteiger partial charge in [0.1, 0.15) is 18.1 Å². The second-order valence-electron chi connectivity index (χ2n) is 8.28. The molecule has 1 aromatic heterocycles. The van der Waals surface area contributed by atoms with E-state index in [1.807, 2.05) is 30.3 Å². The molecule has 1 N–H and O–H groups in total. The van der Waals surface area contributed by atoms with Crippen LogP contribution in [0.2, 0.25) is 0 Å². The van der Waals surface area contributed by atoms with Crippen molar-refractivity contribution in [2.24, 2.45) is 0 Å². The van der Waals surface area contributed by atoms with E-state index in [2.05, 4.69) is 39.6 Å². The summed E-state index contributed by atoms with van der Waals surface area (Å²) in [4.78, 5) is 27.2. The van der Waals surface area contributed by atoms with E-state index < -0.39 is 0 Å². The summed E-state index contributed by atoms with van der Waals surface area (Å²) >= 11 is 0. The molecule has 3 aromatic rings. The van der Waals surface area contributed by atoms with Crippen LogP contribution in [0.25, 0.3) is 0 Å². The van der Waals surface area contributed by atoms with Gasteiger partial charge >= 0.3 is 0 Å². The van der Waals surface area contributed by atoms with Crippen LogP contribution in [0.5, 0.6) is 5.75 Å². The molecule has 0 radical (unpaired) electrons. The van der Waals surface area contributed by atoms with Crippen molar-refractivity contribution in [3.05, 3.63) is 93.9 Å². The van der Waals surface area contributed by atoms with Crippen LogP contribution in [0.1, 0.15) is 40.9 Å². The maximum Gasteiger partial charge on any atom is 0.271 e. The summed E-state index contributed by atoms with van der Waals surface area (Å²) < 4.78 is 6.88. The maximum absolute atomic E-state index is 12.6. The van der Waals surface area contributed by atoms with Crippen LogP contribution >= 0.6 is 0 Å². The highest BCUT2D eigenvalue weighted by Gasteiger charge is 2.12. The van der Waals surface area contributed by atoms with E-state index >= 15 is 0 Å². The average Bonchev–Trinajstić information content (AvgIpc) is 2.86. The molecule has 7 nitrogen and oxygen atoms in total. The Morgan fingerprint density at radius 2 is 1.64 bits per heavy atom. The SMILES string of the molecule is O=C(NCc1ccc(CN2CCCCC2)cc1)c1ccc(=O)n(CCOc2ccccc2)n1. The van der Waals surface area contributed by atoms with Crippen LogP contribution in [0, 0.1) is 0 Å². The molecule has 172 valence electrons. The van der Waals surface area contributed by atoms with Gasteiger partial charge in [0.05, 0.1) is 6.54 Å². The third-order valence-corrected chi connectivity index (χ3v) is 5.75. The van der Waals surface area contributed by atoms with E-state index in [0.717, 1.165) is 17.9 Å². The van der Waals surface area contributed by atoms with Crippen LogP contribution < -0.4 is 15.6 Å². The zero-order valence-corrected chi connectivity index (χ0v) is 18.8. The van der Waals surface area contributed by atoms with E-state index in [9.17, 15) is 9.59 Å². The Bertz CT molecular complexity index is 1090. The fraction of sp³-hybridized carbons (Fsp3) is 0.346. The number of benzene rings is 2. The summed E-state index contributed by atoms with van der Waals surface area (Å²) in [5.74, 6) is 0.409. The largest absolute Gasteiger partial charge is 0.492 e. The molecule has 0 atom stereocenters. The monoisotopic (exact) mass is 446 g/mol. The van der Waals surface area contributed by atoms with Gasteiger partial charge in [-0.2, -0.15) is 5.10 Å². The first-order valence-corrected chi connectivity index (χ1v) is 11.5. The molecule has 33 heavy (non-hydrogen) atoms. The van der Waals surface area contributed by atoms with Gasteiger partial charge in [0, 0.05) is 19.2 Å². The minimum Gasteiger partial charge on any atom is -0.492 e. The number of hydrogen-bond donors (Lipinski definition) is 1. The average molecular weight is 447 g/mol. The van der Waals surface area contributed by atoms with Gasteiger partial charge in [-0.15, -0.1) is 0 Å². The topological polar surface area (TPSA) is 76.5 Å². The fourth-order valence-corrected chi connectivity index (χ4v) is 3.91. The van der Waals surface area contributed by atoms with Crippen molar-refractivity contribution in [2.75, 3.05) is 19.7 Å². The lowest BCUT2D eigenvalue weighted by Gasteiger charge is -2.26. The molecule has 0 unspecified atom stereocenters. The van der Waals surface area contributed by atoms with Gasteiger partial charge in [0.25, 0.3) is 11.5 Å². The molecule has 0 saturated carbocycles. The Hall–Kier alpha value is -3.45. The first-order valence-electron chi connectivity index (χ1n) is 11.5. The number of ether oxygens (including phenoxy) is 1. The van der Waals surface area contributed by atoms with Gasteiger partial charge in [-0.25, -0.2) is 4.68 Å². The van der Waals surface area contributed by atoms with Crippen molar-refractivity contribution in [3.63, 3.8) is 0 Å². The van der Waals surface area contributed by atoms with Crippen molar-refractivity contribution in [1.29, 1.82) is 0 Å². The van der Waals surface area contributed by atoms with E-state index in [4.69, 9.17) is 4.74 Å². The smallest absolute Gasteiger partial charge is 0.271 e. The lowest BCUT2D eigenvalue weighted by Crippen LogP contribution is -2.30. The van der Waals surface area contributed by atoms with Crippen LogP contribution in [0.4, 0.5) is 0 Å². The summed E-state index contributed by atoms with van der Waals surface area (Å²) in [7, 11) is 0. The minimum absolute atomic E-state index is 0.205. The molecule has 4 rings (SSSR count). The lowest BCUT2D eigenvalue weighted by molar-refractivity contribution is 0.0943. The van der Waals surface area contributed by atoms with Crippen molar-refractivity contribution in [2.45, 2.75) is 38.9 Å². The summed E-state index contributed by atoms with van der Waals surface area (Å²) in [5, 5.41) is 7.09. The van der Waals surface area contributed by atoms with Crippen LogP contribution in [0.15, 0.2) is 71.5 Å². The molecule has 1 fully saturated rings. The second kappa shape index (κ2) is 11.4. The molecular formula is C26H30N4O3. The minimum atomic E-state index is -0.315. The normalized spacial score (nSPS) is 14.1. The Balaban J connectivity index is 1.28. The second-order valence-corrected chi connectivity index (χ2v) is 8.28. The highest BCUT2D eigenvalue weighted by atomic mass is 16.5. The first-order chi connectivity index (χ1) is 16.2. The van der Waals surface area contributed by atoms with Gasteiger partial charge in [0.2, 0.25) is 0 Å². The molecule has 1 aliphatic rings. The van der Waals surface area contributed by atoms with E-state index in [0.29, 0.717) is 6.54 Å². The van der Waals surface area contributed by atoms with Gasteiger partial charge in [-0.1, -0.05) is 48.9 Å². The molecule has 0 spiro atoms. The Morgan fingerprint density at radius 1 is 0.909 bits per heavy atom. The Morgan fingerprint density at radius 3 is 2.39 bits per heavy atom. The number of carbonyl (C=O) groups excluding carboxylic acids is 1. The summed E-state index contributed by atoms with van der Waals surface area (Å²) in [5.41, 5.74) is 2.25. The number of nitrogens with zero attached hydrogens (tertiary/aromatic N) is 3. The molecule has 1 saturated heterocycles. The third-order valence-electron chi connectivity index (χ3n) is 5.75. The number of carbonyl (C=O) groups is 1. The predicted molar refractivity (Wildman–Crippen MR) is 127 cm³/mol. The number of amides is 1. The van der Waals surface area contributed by atoms with Crippen molar-refractivity contribution < 1.29 is 9.53 Å². The summed E-state index contributed by atoms with van der Waals surface area (Å²) in [6.45, 7) is 4.27. The molecule has 1 aliphatic heterocycles. The quantitative estimate of drug-likeness (QED) is 0.546. The van der Waals surface area contributed by atoms with Crippen molar-refractivity contribution in [3.8, 4) is 5.75 Å². The van der Waals surface area contributed by atoms with Crippen LogP contribution in [0.3, 0.4) is 0 Å². The van der Waals surface area contributed by atoms with Gasteiger partial charge in [0.15, 0.2) is 0 Å². The molecule has 0 aliphatic carbocycles. The van der Waals surface area contributed by atoms with E-state index in [1.165, 1.54) is 54.7 Å². The number of rotatable bonds is 9. The van der Waals surface area contributed by atoms with E-state index in [-0.39, 0.29) is 30.3 Å². The number of para-hydroxylation sites is 1. The van der Waals surface area contributed by atoms with Crippen LogP contribution in [-0.2, 0) is 19.6 Å². The Labute approximate surface area is 194 Å². The number of nitrogens with one attached hydrogen (secondary N) is 1. The zero-order chi connectivity index (χ0) is 22.9. The predicted octanol–water partition coefficient (Wildman–Crippen LogP) is 3.24. The van der Waals surface area contributed by atoms with E-state index in [1.54, 1.807) is 0 Å². The zero-order valence-electron chi connectivity index (χ0n) is 18.8. The number of aromatic nitrogens is 2. The maximum atomic E-state index is 12.6. The van der Waals surface area contributed by atoms with Gasteiger partial charge in [-0.05, 0) is 55.3 Å².